The second-order valence-electron chi connectivity index (χ2n) is 13.3. The highest BCUT2D eigenvalue weighted by Crippen LogP contribution is 2.57. The molecule has 2 unspecified atom stereocenters. The summed E-state index contributed by atoms with van der Waals surface area (Å²) in [7, 11) is 2.07. The first-order valence-electron chi connectivity index (χ1n) is 15.4. The number of amides is 1. The molecule has 4 fully saturated rings. The third-order valence-corrected chi connectivity index (χ3v) is 9.52. The van der Waals surface area contributed by atoms with Crippen LogP contribution in [0.3, 0.4) is 0 Å². The van der Waals surface area contributed by atoms with Crippen LogP contribution in [-0.4, -0.2) is 90.3 Å². The summed E-state index contributed by atoms with van der Waals surface area (Å²) in [6.07, 6.45) is 5.42. The van der Waals surface area contributed by atoms with E-state index in [0.29, 0.717) is 30.4 Å². The van der Waals surface area contributed by atoms with E-state index in [1.165, 1.54) is 0 Å². The normalized spacial score (nSPS) is 28.9. The van der Waals surface area contributed by atoms with Crippen LogP contribution < -0.4 is 20.3 Å². The Bertz CT molecular complexity index is 1340. The monoisotopic (exact) mass is 576 g/mol. The highest BCUT2D eigenvalue weighted by atomic mass is 16.6. The van der Waals surface area contributed by atoms with Gasteiger partial charge in [-0.05, 0) is 91.2 Å². The summed E-state index contributed by atoms with van der Waals surface area (Å²) in [6, 6.07) is 8.22. The first-order valence-corrected chi connectivity index (χ1v) is 15.4. The van der Waals surface area contributed by atoms with Crippen molar-refractivity contribution in [1.82, 2.24) is 25.5 Å². The summed E-state index contributed by atoms with van der Waals surface area (Å²) in [4.78, 5) is 41.4. The van der Waals surface area contributed by atoms with E-state index in [0.717, 1.165) is 56.6 Å². The zero-order chi connectivity index (χ0) is 29.6. The molecule has 0 radical (unpaired) electrons. The van der Waals surface area contributed by atoms with Gasteiger partial charge < -0.3 is 29.9 Å². The van der Waals surface area contributed by atoms with Gasteiger partial charge in [-0.15, -0.1) is 0 Å². The molecule has 2 aromatic heterocycles. The molecule has 3 saturated heterocycles. The summed E-state index contributed by atoms with van der Waals surface area (Å²) in [5.41, 5.74) is 1.87. The predicted molar refractivity (Wildman–Crippen MR) is 161 cm³/mol. The summed E-state index contributed by atoms with van der Waals surface area (Å²) in [6.45, 7) is 11.3. The third-order valence-electron chi connectivity index (χ3n) is 9.52. The first kappa shape index (κ1) is 28.9. The summed E-state index contributed by atoms with van der Waals surface area (Å²) in [5.74, 6) is -0.0114. The Kier molecular flexibility index (Phi) is 7.64. The highest BCUT2D eigenvalue weighted by molar-refractivity contribution is 5.99. The molecule has 3 aliphatic heterocycles. The fraction of sp³-hybridized carbons (Fsp3) is 0.625. The van der Waals surface area contributed by atoms with Crippen LogP contribution >= 0.6 is 0 Å². The van der Waals surface area contributed by atoms with E-state index in [1.807, 2.05) is 52.0 Å². The van der Waals surface area contributed by atoms with E-state index < -0.39 is 5.60 Å². The van der Waals surface area contributed by atoms with E-state index >= 15 is 0 Å². The van der Waals surface area contributed by atoms with Gasteiger partial charge in [-0.25, -0.2) is 9.97 Å². The van der Waals surface area contributed by atoms with Crippen LogP contribution in [0.4, 0.5) is 5.69 Å². The van der Waals surface area contributed by atoms with E-state index in [4.69, 9.17) is 14.5 Å². The van der Waals surface area contributed by atoms with Gasteiger partial charge in [-0.1, -0.05) is 0 Å². The highest BCUT2D eigenvalue weighted by Gasteiger charge is 2.65. The van der Waals surface area contributed by atoms with E-state index in [1.54, 1.807) is 6.20 Å². The van der Waals surface area contributed by atoms with E-state index in [2.05, 4.69) is 32.5 Å². The maximum absolute atomic E-state index is 14.0. The lowest BCUT2D eigenvalue weighted by atomic mass is 9.71. The Labute approximate surface area is 248 Å². The zero-order valence-electron chi connectivity index (χ0n) is 25.5. The summed E-state index contributed by atoms with van der Waals surface area (Å²) >= 11 is 0. The molecule has 5 atom stereocenters. The second kappa shape index (κ2) is 11.1. The number of carbonyl (C=O) groups is 2. The average Bonchev–Trinajstić information content (AvgIpc) is 3.69. The molecule has 2 aromatic rings. The molecule has 10 heteroatoms. The fourth-order valence-electron chi connectivity index (χ4n) is 7.85. The van der Waals surface area contributed by atoms with E-state index in [-0.39, 0.29) is 41.3 Å². The van der Waals surface area contributed by atoms with Crippen molar-refractivity contribution in [2.45, 2.75) is 77.1 Å². The number of anilines is 1. The van der Waals surface area contributed by atoms with Gasteiger partial charge in [0.15, 0.2) is 5.69 Å². The van der Waals surface area contributed by atoms with Gasteiger partial charge in [0.25, 0.3) is 5.91 Å². The number of rotatable bonds is 7. The Morgan fingerprint density at radius 2 is 2.00 bits per heavy atom. The van der Waals surface area contributed by atoms with E-state index in [9.17, 15) is 9.59 Å². The Morgan fingerprint density at radius 1 is 1.17 bits per heavy atom. The lowest BCUT2D eigenvalue weighted by Crippen LogP contribution is -2.47. The lowest BCUT2D eigenvalue weighted by molar-refractivity contribution is -0.163. The molecule has 1 amide bonds. The number of likely N-dealkylation sites (N-methyl/N-ethyl adjacent to an activating group) is 1. The minimum absolute atomic E-state index is 0.0783. The standard InChI is InChI=1S/C32H44N6O4/c1-6-41-29-21(8-7-15-33-29)23-9-10-24(27(36-23)28(39)35-20-13-16-37(5)19-20)38-17-14-32-22(30(40)42-31(2,3)4)18-34-25(32)11-12-26(32)38/h7-10,15,20,22,25-26,34H,6,11-14,16-19H2,1-5H3,(H,35,39)/t20-,22?,25-,26?,32+/m1/s1. The topological polar surface area (TPSA) is 109 Å². The fourth-order valence-corrected chi connectivity index (χ4v) is 7.85. The van der Waals surface area contributed by atoms with Crippen molar-refractivity contribution in [1.29, 1.82) is 0 Å². The Hall–Kier alpha value is -3.24. The lowest BCUT2D eigenvalue weighted by Gasteiger charge is -2.37. The number of carbonyl (C=O) groups excluding carboxylic acids is 2. The second-order valence-corrected chi connectivity index (χ2v) is 13.3. The number of likely N-dealkylation sites (tertiary alicyclic amines) is 1. The van der Waals surface area contributed by atoms with Crippen molar-refractivity contribution in [3.8, 4) is 17.1 Å². The van der Waals surface area contributed by atoms with Crippen molar-refractivity contribution in [3.05, 3.63) is 36.2 Å². The molecule has 0 aromatic carbocycles. The maximum atomic E-state index is 14.0. The van der Waals surface area contributed by atoms with Gasteiger partial charge in [-0.2, -0.15) is 0 Å². The number of hydrogen-bond donors (Lipinski definition) is 2. The zero-order valence-corrected chi connectivity index (χ0v) is 25.5. The number of hydrogen-bond acceptors (Lipinski definition) is 9. The first-order chi connectivity index (χ1) is 20.1. The predicted octanol–water partition coefficient (Wildman–Crippen LogP) is 3.26. The molecular weight excluding hydrogens is 532 g/mol. The summed E-state index contributed by atoms with van der Waals surface area (Å²) < 4.78 is 11.7. The largest absolute Gasteiger partial charge is 0.477 e. The van der Waals surface area contributed by atoms with Gasteiger partial charge in [0.2, 0.25) is 5.88 Å². The molecule has 1 spiro atoms. The van der Waals surface area contributed by atoms with Crippen LogP contribution in [0.15, 0.2) is 30.5 Å². The quantitative estimate of drug-likeness (QED) is 0.480. The number of nitrogens with one attached hydrogen (secondary N) is 2. The molecule has 226 valence electrons. The third kappa shape index (κ3) is 5.13. The average molecular weight is 577 g/mol. The number of nitrogens with zero attached hydrogens (tertiary/aromatic N) is 4. The van der Waals surface area contributed by atoms with Crippen molar-refractivity contribution in [2.24, 2.45) is 11.3 Å². The molecule has 1 saturated carbocycles. The van der Waals surface area contributed by atoms with Crippen molar-refractivity contribution in [2.75, 3.05) is 44.7 Å². The molecule has 1 aliphatic carbocycles. The molecule has 42 heavy (non-hydrogen) atoms. The molecular formula is C32H44N6O4. The number of pyridine rings is 2. The van der Waals surface area contributed by atoms with Crippen LogP contribution in [0, 0.1) is 11.3 Å². The summed E-state index contributed by atoms with van der Waals surface area (Å²) in [5, 5.41) is 6.92. The van der Waals surface area contributed by atoms with Crippen LogP contribution in [0.25, 0.3) is 11.3 Å². The SMILES string of the molecule is CCOc1ncccc1-c1ccc(N2CC[C@]34C(C(=O)OC(C)(C)C)CN[C@@H]3CCC24)c(C(=O)N[C@@H]2CCN(C)C2)n1. The van der Waals surface area contributed by atoms with Gasteiger partial charge in [0.05, 0.1) is 29.5 Å². The van der Waals surface area contributed by atoms with Crippen LogP contribution in [0.5, 0.6) is 5.88 Å². The van der Waals surface area contributed by atoms with Gasteiger partial charge in [0.1, 0.15) is 5.60 Å². The number of esters is 1. The Morgan fingerprint density at radius 3 is 2.74 bits per heavy atom. The molecule has 2 N–H and O–H groups in total. The minimum Gasteiger partial charge on any atom is -0.477 e. The maximum Gasteiger partial charge on any atom is 0.311 e. The van der Waals surface area contributed by atoms with Crippen molar-refractivity contribution >= 4 is 17.6 Å². The smallest absolute Gasteiger partial charge is 0.311 e. The van der Waals surface area contributed by atoms with Gasteiger partial charge in [-0.3, -0.25) is 9.59 Å². The molecule has 5 heterocycles. The minimum atomic E-state index is -0.538. The Balaban J connectivity index is 1.37. The molecule has 6 rings (SSSR count). The molecule has 0 bridgehead atoms. The van der Waals surface area contributed by atoms with Gasteiger partial charge >= 0.3 is 5.97 Å². The number of ether oxygens (including phenoxy) is 2. The molecule has 10 nitrogen and oxygen atoms in total. The van der Waals surface area contributed by atoms with Crippen LogP contribution in [-0.2, 0) is 9.53 Å². The van der Waals surface area contributed by atoms with Crippen LogP contribution in [0.1, 0.15) is 63.9 Å². The van der Waals surface area contributed by atoms with Crippen LogP contribution in [0.2, 0.25) is 0 Å². The van der Waals surface area contributed by atoms with Crippen molar-refractivity contribution in [3.63, 3.8) is 0 Å². The van der Waals surface area contributed by atoms with Gasteiger partial charge in [0, 0.05) is 49.4 Å². The molecule has 4 aliphatic rings. The number of aromatic nitrogens is 2. The van der Waals surface area contributed by atoms with Crippen molar-refractivity contribution < 1.29 is 19.1 Å².